The van der Waals surface area contributed by atoms with Crippen LogP contribution in [0.2, 0.25) is 0 Å². The minimum absolute atomic E-state index is 0.0467. The lowest BCUT2D eigenvalue weighted by atomic mass is 9.92. The molecule has 0 bridgehead atoms. The van der Waals surface area contributed by atoms with Gasteiger partial charge in [0.2, 0.25) is 5.54 Å². The van der Waals surface area contributed by atoms with Gasteiger partial charge in [-0.3, -0.25) is 4.79 Å². The number of rotatable bonds is 10. The predicted octanol–water partition coefficient (Wildman–Crippen LogP) is 3.38. The molecule has 0 amide bonds. The third-order valence-electron chi connectivity index (χ3n) is 4.05. The Hall–Kier alpha value is -1.03. The summed E-state index contributed by atoms with van der Waals surface area (Å²) in [4.78, 5) is 22.5. The number of carbonyl (C=O) groups excluding carboxylic acids is 1. The van der Waals surface area contributed by atoms with E-state index >= 15 is 0 Å². The van der Waals surface area contributed by atoms with Gasteiger partial charge in [0.1, 0.15) is 5.78 Å². The first-order chi connectivity index (χ1) is 9.09. The van der Waals surface area contributed by atoms with Crippen molar-refractivity contribution in [1.82, 2.24) is 0 Å². The number of ketones is 1. The summed E-state index contributed by atoms with van der Waals surface area (Å²) in [5, 5.41) is 0. The Morgan fingerprint density at radius 3 is 1.95 bits per heavy atom. The van der Waals surface area contributed by atoms with E-state index in [1.807, 2.05) is 13.8 Å². The Kier molecular flexibility index (Phi) is 7.87. The van der Waals surface area contributed by atoms with E-state index in [1.54, 1.807) is 20.9 Å². The van der Waals surface area contributed by atoms with Gasteiger partial charge in [-0.05, 0) is 46.0 Å². The number of unbranched alkanes of at least 4 members (excludes halogenated alkanes) is 2. The molecule has 1 atom stereocenters. The summed E-state index contributed by atoms with van der Waals surface area (Å²) >= 11 is 0. The fraction of sp³-hybridized carbons (Fsp3) is 0.812. The summed E-state index contributed by atoms with van der Waals surface area (Å²) in [5.74, 6) is 0.0467. The van der Waals surface area contributed by atoms with Crippen molar-refractivity contribution in [2.45, 2.75) is 77.3 Å². The third-order valence-corrected chi connectivity index (χ3v) is 4.05. The van der Waals surface area contributed by atoms with Crippen LogP contribution in [0, 0.1) is 4.91 Å². The van der Waals surface area contributed by atoms with Crippen LogP contribution in [0.25, 0.3) is 0 Å². The zero-order valence-electron chi connectivity index (χ0n) is 13.7. The Bertz CT molecular complexity index is 323. The minimum atomic E-state index is -0.684. The molecular weight excluding hydrogens is 252 g/mol. The number of Topliss-reactive ketones (excluding diaryl/α,β-unsaturated/α-hetero) is 1. The highest BCUT2D eigenvalue weighted by Crippen LogP contribution is 2.17. The normalized spacial score (nSPS) is 15.3. The molecule has 116 valence electrons. The molecule has 1 unspecified atom stereocenters. The largest absolute Gasteiger partial charge is 0.319 e. The van der Waals surface area contributed by atoms with Crippen molar-refractivity contribution in [3.63, 3.8) is 0 Å². The van der Waals surface area contributed by atoms with Gasteiger partial charge in [0, 0.05) is 29.9 Å². The van der Waals surface area contributed by atoms with E-state index in [-0.39, 0.29) is 11.3 Å². The Morgan fingerprint density at radius 2 is 1.55 bits per heavy atom. The SMILES string of the molecule is CC(=O)C(C)(N)CCC/C=C/CCCC(C)(C)[N+](C)=O. The average molecular weight is 283 g/mol. The lowest BCUT2D eigenvalue weighted by molar-refractivity contribution is -0.595. The molecule has 2 N–H and O–H groups in total. The zero-order valence-corrected chi connectivity index (χ0v) is 13.7. The van der Waals surface area contributed by atoms with Crippen LogP contribution in [-0.4, -0.2) is 28.7 Å². The second-order valence-corrected chi connectivity index (χ2v) is 6.54. The molecule has 0 rings (SSSR count). The predicted molar refractivity (Wildman–Crippen MR) is 83.7 cm³/mol. The van der Waals surface area contributed by atoms with Crippen molar-refractivity contribution in [3.05, 3.63) is 17.1 Å². The summed E-state index contributed by atoms with van der Waals surface area (Å²) < 4.78 is 1.03. The molecule has 0 aromatic carbocycles. The molecule has 0 saturated heterocycles. The fourth-order valence-corrected chi connectivity index (χ4v) is 1.81. The molecule has 4 heteroatoms. The first-order valence-corrected chi connectivity index (χ1v) is 7.45. The molecule has 4 nitrogen and oxygen atoms in total. The van der Waals surface area contributed by atoms with Gasteiger partial charge in [-0.15, -0.1) is 0 Å². The Morgan fingerprint density at radius 1 is 1.10 bits per heavy atom. The van der Waals surface area contributed by atoms with Crippen LogP contribution in [0.3, 0.4) is 0 Å². The number of nitroso groups, excluding NO2 is 1. The van der Waals surface area contributed by atoms with Gasteiger partial charge in [0.15, 0.2) is 7.05 Å². The van der Waals surface area contributed by atoms with Crippen LogP contribution >= 0.6 is 0 Å². The lowest BCUT2D eigenvalue weighted by Gasteiger charge is -2.20. The van der Waals surface area contributed by atoms with Gasteiger partial charge >= 0.3 is 0 Å². The standard InChI is InChI=1S/C16H31N2O2/c1-14(19)16(4,17)13-11-9-7-6-8-10-12-15(2,3)18(5)20/h6-7H,8-13,17H2,1-5H3/q+1/b7-6+. The van der Waals surface area contributed by atoms with Crippen molar-refractivity contribution in [2.24, 2.45) is 5.73 Å². The van der Waals surface area contributed by atoms with E-state index in [0.717, 1.165) is 43.3 Å². The van der Waals surface area contributed by atoms with Gasteiger partial charge in [-0.25, -0.2) is 0 Å². The summed E-state index contributed by atoms with van der Waals surface area (Å²) in [6, 6.07) is 0. The number of hydrogen-bond acceptors (Lipinski definition) is 3. The van der Waals surface area contributed by atoms with Crippen molar-refractivity contribution >= 4 is 5.78 Å². The molecule has 0 saturated carbocycles. The number of carbonyl (C=O) groups is 1. The van der Waals surface area contributed by atoms with Crippen molar-refractivity contribution < 1.29 is 9.55 Å². The van der Waals surface area contributed by atoms with Gasteiger partial charge in [0.25, 0.3) is 0 Å². The summed E-state index contributed by atoms with van der Waals surface area (Å²) in [6.07, 6.45) is 9.79. The van der Waals surface area contributed by atoms with E-state index in [0.29, 0.717) is 0 Å². The van der Waals surface area contributed by atoms with E-state index < -0.39 is 5.54 Å². The van der Waals surface area contributed by atoms with Crippen LogP contribution in [0.15, 0.2) is 12.2 Å². The van der Waals surface area contributed by atoms with Gasteiger partial charge in [-0.2, -0.15) is 0 Å². The molecule has 0 aliphatic carbocycles. The Labute approximate surface area is 123 Å². The zero-order chi connectivity index (χ0) is 15.8. The second-order valence-electron chi connectivity index (χ2n) is 6.54. The molecule has 0 fully saturated rings. The molecular formula is C16H31N2O2+. The maximum atomic E-state index is 11.3. The first-order valence-electron chi connectivity index (χ1n) is 7.45. The summed E-state index contributed by atoms with van der Waals surface area (Å²) in [7, 11) is 1.58. The van der Waals surface area contributed by atoms with E-state index in [9.17, 15) is 9.70 Å². The number of nitrogens with zero attached hydrogens (tertiary/aromatic N) is 1. The van der Waals surface area contributed by atoms with E-state index in [4.69, 9.17) is 5.73 Å². The molecule has 20 heavy (non-hydrogen) atoms. The van der Waals surface area contributed by atoms with E-state index in [1.165, 1.54) is 0 Å². The average Bonchev–Trinajstić information content (AvgIpc) is 2.31. The van der Waals surface area contributed by atoms with Crippen LogP contribution in [0.1, 0.15) is 66.2 Å². The lowest BCUT2D eigenvalue weighted by Crippen LogP contribution is -2.43. The van der Waals surface area contributed by atoms with Gasteiger partial charge in [0.05, 0.1) is 5.54 Å². The molecule has 0 aromatic rings. The fourth-order valence-electron chi connectivity index (χ4n) is 1.81. The van der Waals surface area contributed by atoms with Crippen LogP contribution < -0.4 is 5.73 Å². The van der Waals surface area contributed by atoms with E-state index in [2.05, 4.69) is 12.2 Å². The molecule has 0 aliphatic heterocycles. The molecule has 0 aliphatic rings. The van der Waals surface area contributed by atoms with Crippen molar-refractivity contribution in [1.29, 1.82) is 0 Å². The molecule has 0 spiro atoms. The maximum absolute atomic E-state index is 11.3. The highest BCUT2D eigenvalue weighted by molar-refractivity contribution is 5.85. The Balaban J connectivity index is 3.75. The second kappa shape index (κ2) is 8.30. The number of allylic oxidation sites excluding steroid dienone is 2. The number of nitrogens with two attached hydrogens (primary N) is 1. The van der Waals surface area contributed by atoms with Crippen molar-refractivity contribution in [2.75, 3.05) is 7.05 Å². The summed E-state index contributed by atoms with van der Waals surface area (Å²) in [5.41, 5.74) is 4.93. The third kappa shape index (κ3) is 7.53. The molecule has 0 aromatic heterocycles. The maximum Gasteiger partial charge on any atom is 0.204 e. The summed E-state index contributed by atoms with van der Waals surface area (Å²) in [6.45, 7) is 7.27. The number of hydrogen-bond donors (Lipinski definition) is 1. The van der Waals surface area contributed by atoms with Crippen molar-refractivity contribution in [3.8, 4) is 0 Å². The van der Waals surface area contributed by atoms with Gasteiger partial charge < -0.3 is 5.73 Å². The van der Waals surface area contributed by atoms with Gasteiger partial charge in [-0.1, -0.05) is 12.2 Å². The van der Waals surface area contributed by atoms with Crippen LogP contribution in [0.4, 0.5) is 0 Å². The highest BCUT2D eigenvalue weighted by atomic mass is 16.3. The highest BCUT2D eigenvalue weighted by Gasteiger charge is 2.29. The first kappa shape index (κ1) is 19.0. The smallest absolute Gasteiger partial charge is 0.204 e. The molecule has 0 heterocycles. The molecule has 0 radical (unpaired) electrons. The quantitative estimate of drug-likeness (QED) is 0.380. The van der Waals surface area contributed by atoms with Crippen LogP contribution in [-0.2, 0) is 4.79 Å². The topological polar surface area (TPSA) is 63.2 Å². The monoisotopic (exact) mass is 283 g/mol. The van der Waals surface area contributed by atoms with Crippen LogP contribution in [0.5, 0.6) is 0 Å². The minimum Gasteiger partial charge on any atom is -0.319 e.